The molecule has 4 heteroatoms. The number of ketones is 1. The van der Waals surface area contributed by atoms with E-state index in [9.17, 15) is 9.18 Å². The van der Waals surface area contributed by atoms with E-state index in [0.29, 0.717) is 29.2 Å². The van der Waals surface area contributed by atoms with E-state index in [-0.39, 0.29) is 17.4 Å². The lowest BCUT2D eigenvalue weighted by Crippen LogP contribution is -2.00. The Morgan fingerprint density at radius 2 is 1.76 bits per heavy atom. The molecule has 0 amide bonds. The Balaban J connectivity index is 1.58. The second kappa shape index (κ2) is 7.55. The van der Waals surface area contributed by atoms with Crippen molar-refractivity contribution in [1.82, 2.24) is 0 Å². The molecule has 0 saturated heterocycles. The predicted molar refractivity (Wildman–Crippen MR) is 111 cm³/mol. The predicted octanol–water partition coefficient (Wildman–Crippen LogP) is 5.95. The van der Waals surface area contributed by atoms with Crippen LogP contribution >= 0.6 is 0 Å². The summed E-state index contributed by atoms with van der Waals surface area (Å²) in [6, 6.07) is 15.7. The molecule has 29 heavy (non-hydrogen) atoms. The fourth-order valence-electron chi connectivity index (χ4n) is 3.35. The number of aryl methyl sites for hydroxylation is 2. The lowest BCUT2D eigenvalue weighted by molar-refractivity contribution is 0.101. The number of hydrogen-bond donors (Lipinski definition) is 0. The van der Waals surface area contributed by atoms with Crippen LogP contribution in [-0.2, 0) is 6.61 Å². The van der Waals surface area contributed by atoms with Crippen LogP contribution in [0, 0.1) is 26.6 Å². The second-order valence-electron chi connectivity index (χ2n) is 7.28. The third kappa shape index (κ3) is 3.79. The first-order valence-corrected chi connectivity index (χ1v) is 9.45. The van der Waals surface area contributed by atoms with Gasteiger partial charge in [0.1, 0.15) is 23.9 Å². The first kappa shape index (κ1) is 18.9. The van der Waals surface area contributed by atoms with Crippen molar-refractivity contribution in [3.05, 3.63) is 99.6 Å². The number of Topliss-reactive ketones (excluding diaryl/α,β-unsaturated/α-hetero) is 1. The van der Waals surface area contributed by atoms with Gasteiger partial charge in [0.15, 0.2) is 5.76 Å². The van der Waals surface area contributed by atoms with Gasteiger partial charge < -0.3 is 9.47 Å². The Bertz CT molecular complexity index is 1130. The molecular weight excluding hydrogens is 367 g/mol. The van der Waals surface area contributed by atoms with Crippen LogP contribution in [-0.4, -0.2) is 5.78 Å². The van der Waals surface area contributed by atoms with Crippen molar-refractivity contribution in [2.75, 3.05) is 0 Å². The monoisotopic (exact) mass is 388 g/mol. The van der Waals surface area contributed by atoms with Crippen molar-refractivity contribution in [3.63, 3.8) is 0 Å². The van der Waals surface area contributed by atoms with E-state index in [0.717, 1.165) is 11.1 Å². The molecule has 0 atom stereocenters. The SMILES string of the molecule is Cc1ccc(C)c(COc2ccc3c(c2C)O/C(=C\c2ccc(F)cc2)C3=O)c1. The molecule has 3 nitrogen and oxygen atoms in total. The van der Waals surface area contributed by atoms with Gasteiger partial charge in [0.2, 0.25) is 5.78 Å². The molecule has 0 radical (unpaired) electrons. The fraction of sp³-hybridized carbons (Fsp3) is 0.160. The summed E-state index contributed by atoms with van der Waals surface area (Å²) in [5, 5.41) is 0. The highest BCUT2D eigenvalue weighted by atomic mass is 19.1. The zero-order valence-electron chi connectivity index (χ0n) is 16.6. The highest BCUT2D eigenvalue weighted by molar-refractivity contribution is 6.14. The van der Waals surface area contributed by atoms with Gasteiger partial charge in [-0.25, -0.2) is 4.39 Å². The Morgan fingerprint density at radius 1 is 1.00 bits per heavy atom. The molecule has 0 aromatic heterocycles. The second-order valence-corrected chi connectivity index (χ2v) is 7.28. The summed E-state index contributed by atoms with van der Waals surface area (Å²) in [4.78, 5) is 12.7. The topological polar surface area (TPSA) is 35.5 Å². The average molecular weight is 388 g/mol. The Morgan fingerprint density at radius 3 is 2.52 bits per heavy atom. The summed E-state index contributed by atoms with van der Waals surface area (Å²) < 4.78 is 25.0. The van der Waals surface area contributed by atoms with Gasteiger partial charge in [-0.15, -0.1) is 0 Å². The first-order chi connectivity index (χ1) is 13.9. The van der Waals surface area contributed by atoms with Crippen molar-refractivity contribution < 1.29 is 18.7 Å². The number of carbonyl (C=O) groups excluding carboxylic acids is 1. The van der Waals surface area contributed by atoms with Crippen molar-refractivity contribution in [3.8, 4) is 11.5 Å². The van der Waals surface area contributed by atoms with Gasteiger partial charge in [-0.2, -0.15) is 0 Å². The maximum Gasteiger partial charge on any atom is 0.231 e. The maximum absolute atomic E-state index is 13.1. The van der Waals surface area contributed by atoms with Crippen LogP contribution in [0.3, 0.4) is 0 Å². The van der Waals surface area contributed by atoms with Gasteiger partial charge in [-0.3, -0.25) is 4.79 Å². The standard InChI is InChI=1S/C25H21FO3/c1-15-4-5-16(2)19(12-15)14-28-22-11-10-21-24(27)23(29-25(21)17(22)3)13-18-6-8-20(26)9-7-18/h4-13H,14H2,1-3H3/b23-13-. The van der Waals surface area contributed by atoms with Crippen LogP contribution in [0.1, 0.15) is 38.2 Å². The van der Waals surface area contributed by atoms with E-state index < -0.39 is 0 Å². The third-order valence-corrected chi connectivity index (χ3v) is 5.09. The zero-order chi connectivity index (χ0) is 20.5. The largest absolute Gasteiger partial charge is 0.488 e. The molecule has 0 N–H and O–H groups in total. The Kier molecular flexibility index (Phi) is 4.93. The molecule has 1 aliphatic heterocycles. The molecule has 0 bridgehead atoms. The Hall–Kier alpha value is -3.40. The highest BCUT2D eigenvalue weighted by Gasteiger charge is 2.30. The van der Waals surface area contributed by atoms with Crippen LogP contribution in [0.25, 0.3) is 6.08 Å². The lowest BCUT2D eigenvalue weighted by atomic mass is 10.1. The quantitative estimate of drug-likeness (QED) is 0.519. The summed E-state index contributed by atoms with van der Waals surface area (Å²) in [5.41, 5.74) is 5.47. The minimum atomic E-state index is -0.324. The summed E-state index contributed by atoms with van der Waals surface area (Å²) in [6.45, 7) is 6.44. The molecule has 1 heterocycles. The lowest BCUT2D eigenvalue weighted by Gasteiger charge is -2.13. The number of hydrogen-bond acceptors (Lipinski definition) is 3. The molecule has 146 valence electrons. The summed E-state index contributed by atoms with van der Waals surface area (Å²) in [6.07, 6.45) is 1.62. The van der Waals surface area contributed by atoms with Crippen LogP contribution in [0.5, 0.6) is 11.5 Å². The van der Waals surface area contributed by atoms with E-state index in [2.05, 4.69) is 32.0 Å². The van der Waals surface area contributed by atoms with Crippen molar-refractivity contribution in [2.24, 2.45) is 0 Å². The molecule has 0 fully saturated rings. The number of allylic oxidation sites excluding steroid dienone is 1. The highest BCUT2D eigenvalue weighted by Crippen LogP contribution is 2.39. The maximum atomic E-state index is 13.1. The summed E-state index contributed by atoms with van der Waals surface area (Å²) in [5.74, 6) is 0.910. The number of benzene rings is 3. The van der Waals surface area contributed by atoms with E-state index in [4.69, 9.17) is 9.47 Å². The van der Waals surface area contributed by atoms with Crippen LogP contribution in [0.2, 0.25) is 0 Å². The zero-order valence-corrected chi connectivity index (χ0v) is 16.6. The molecule has 0 unspecified atom stereocenters. The van der Waals surface area contributed by atoms with Gasteiger partial charge in [-0.1, -0.05) is 35.9 Å². The Labute approximate surface area is 169 Å². The molecule has 1 aliphatic rings. The minimum absolute atomic E-state index is 0.187. The van der Waals surface area contributed by atoms with Gasteiger partial charge in [0, 0.05) is 5.56 Å². The van der Waals surface area contributed by atoms with Crippen molar-refractivity contribution >= 4 is 11.9 Å². The number of fused-ring (bicyclic) bond motifs is 1. The van der Waals surface area contributed by atoms with E-state index in [1.54, 1.807) is 30.3 Å². The number of halogens is 1. The van der Waals surface area contributed by atoms with Gasteiger partial charge in [0.25, 0.3) is 0 Å². The van der Waals surface area contributed by atoms with Crippen LogP contribution < -0.4 is 9.47 Å². The van der Waals surface area contributed by atoms with Crippen molar-refractivity contribution in [2.45, 2.75) is 27.4 Å². The molecule has 0 aliphatic carbocycles. The van der Waals surface area contributed by atoms with Gasteiger partial charge >= 0.3 is 0 Å². The van der Waals surface area contributed by atoms with Crippen LogP contribution in [0.4, 0.5) is 4.39 Å². The van der Waals surface area contributed by atoms with Crippen molar-refractivity contribution in [1.29, 1.82) is 0 Å². The summed E-state index contributed by atoms with van der Waals surface area (Å²) >= 11 is 0. The van der Waals surface area contributed by atoms with E-state index in [1.165, 1.54) is 23.3 Å². The van der Waals surface area contributed by atoms with Gasteiger partial charge in [-0.05, 0) is 67.8 Å². The first-order valence-electron chi connectivity index (χ1n) is 9.45. The number of carbonyl (C=O) groups is 1. The normalized spacial score (nSPS) is 14.1. The van der Waals surface area contributed by atoms with E-state index >= 15 is 0 Å². The molecule has 3 aromatic carbocycles. The molecule has 0 spiro atoms. The molecular formula is C25H21FO3. The number of ether oxygens (including phenoxy) is 2. The smallest absolute Gasteiger partial charge is 0.231 e. The van der Waals surface area contributed by atoms with Gasteiger partial charge in [0.05, 0.1) is 5.56 Å². The summed E-state index contributed by atoms with van der Waals surface area (Å²) in [7, 11) is 0. The fourth-order valence-corrected chi connectivity index (χ4v) is 3.35. The average Bonchev–Trinajstić information content (AvgIpc) is 3.02. The molecule has 0 saturated carbocycles. The van der Waals surface area contributed by atoms with Crippen LogP contribution in [0.15, 0.2) is 60.4 Å². The van der Waals surface area contributed by atoms with E-state index in [1.807, 2.05) is 6.92 Å². The third-order valence-electron chi connectivity index (χ3n) is 5.09. The molecule has 4 rings (SSSR count). The minimum Gasteiger partial charge on any atom is -0.488 e. The number of rotatable bonds is 4. The molecule has 3 aromatic rings.